The van der Waals surface area contributed by atoms with E-state index < -0.39 is 0 Å². The van der Waals surface area contributed by atoms with E-state index in [9.17, 15) is 0 Å². The first kappa shape index (κ1) is 14.5. The van der Waals surface area contributed by atoms with E-state index in [1.807, 2.05) is 11.3 Å². The molecule has 20 heavy (non-hydrogen) atoms. The second-order valence-electron chi connectivity index (χ2n) is 6.30. The molecule has 0 bridgehead atoms. The summed E-state index contributed by atoms with van der Waals surface area (Å²) < 4.78 is 0. The van der Waals surface area contributed by atoms with Crippen molar-refractivity contribution in [2.75, 3.05) is 6.54 Å². The van der Waals surface area contributed by atoms with Crippen LogP contribution in [0.15, 0.2) is 0 Å². The molecule has 2 fully saturated rings. The van der Waals surface area contributed by atoms with E-state index in [1.165, 1.54) is 54.2 Å². The zero-order chi connectivity index (χ0) is 13.9. The van der Waals surface area contributed by atoms with Gasteiger partial charge in [0.05, 0.1) is 12.2 Å². The number of rotatable bonds is 6. The first-order valence-electron chi connectivity index (χ1n) is 8.21. The summed E-state index contributed by atoms with van der Waals surface area (Å²) in [6, 6.07) is 1.51. The van der Waals surface area contributed by atoms with Crippen LogP contribution in [0.5, 0.6) is 0 Å². The van der Waals surface area contributed by atoms with Crippen LogP contribution >= 0.6 is 11.3 Å². The molecule has 1 unspecified atom stereocenters. The molecule has 0 spiro atoms. The Labute approximate surface area is 126 Å². The molecule has 2 heterocycles. The Morgan fingerprint density at radius 3 is 2.85 bits per heavy atom. The van der Waals surface area contributed by atoms with Crippen molar-refractivity contribution in [2.24, 2.45) is 0 Å². The lowest BCUT2D eigenvalue weighted by Crippen LogP contribution is -2.36. The van der Waals surface area contributed by atoms with Gasteiger partial charge in [-0.2, -0.15) is 0 Å². The number of aromatic nitrogens is 1. The number of hydrogen-bond donors (Lipinski definition) is 1. The second kappa shape index (κ2) is 6.54. The molecule has 2 aliphatic rings. The fourth-order valence-corrected chi connectivity index (χ4v) is 4.14. The molecule has 1 aromatic rings. The molecule has 1 N–H and O–H groups in total. The van der Waals surface area contributed by atoms with Gasteiger partial charge in [0.1, 0.15) is 5.01 Å². The van der Waals surface area contributed by atoms with E-state index in [4.69, 9.17) is 4.98 Å². The highest BCUT2D eigenvalue weighted by atomic mass is 32.1. The van der Waals surface area contributed by atoms with E-state index in [0.29, 0.717) is 0 Å². The molecule has 0 aromatic carbocycles. The Kier molecular flexibility index (Phi) is 4.74. The molecule has 3 nitrogen and oxygen atoms in total. The van der Waals surface area contributed by atoms with E-state index in [-0.39, 0.29) is 0 Å². The van der Waals surface area contributed by atoms with Crippen LogP contribution in [0, 0.1) is 0 Å². The van der Waals surface area contributed by atoms with Crippen molar-refractivity contribution in [1.29, 1.82) is 0 Å². The van der Waals surface area contributed by atoms with Crippen LogP contribution in [-0.4, -0.2) is 28.5 Å². The molecule has 112 valence electrons. The molecule has 1 aromatic heterocycles. The van der Waals surface area contributed by atoms with Crippen molar-refractivity contribution in [2.45, 2.75) is 77.5 Å². The predicted molar refractivity (Wildman–Crippen MR) is 85.1 cm³/mol. The molecule has 3 rings (SSSR count). The highest BCUT2D eigenvalue weighted by Crippen LogP contribution is 2.26. The summed E-state index contributed by atoms with van der Waals surface area (Å²) in [6.07, 6.45) is 7.88. The molecule has 0 amide bonds. The Morgan fingerprint density at radius 2 is 2.15 bits per heavy atom. The molecule has 0 radical (unpaired) electrons. The van der Waals surface area contributed by atoms with Crippen molar-refractivity contribution in [1.82, 2.24) is 15.2 Å². The molecule has 1 aliphatic carbocycles. The smallest absolute Gasteiger partial charge is 0.107 e. The van der Waals surface area contributed by atoms with Gasteiger partial charge < -0.3 is 5.32 Å². The normalized spacial score (nSPS) is 24.2. The fraction of sp³-hybridized carbons (Fsp3) is 0.812. The number of piperidine rings is 1. The minimum absolute atomic E-state index is 0.728. The number of nitrogens with zero attached hydrogens (tertiary/aromatic N) is 2. The van der Waals surface area contributed by atoms with Gasteiger partial charge in [-0.1, -0.05) is 13.3 Å². The highest BCUT2D eigenvalue weighted by Gasteiger charge is 2.23. The fourth-order valence-electron chi connectivity index (χ4n) is 3.01. The van der Waals surface area contributed by atoms with Crippen LogP contribution in [0.25, 0.3) is 0 Å². The number of hydrogen-bond acceptors (Lipinski definition) is 4. The van der Waals surface area contributed by atoms with E-state index in [0.717, 1.165) is 31.6 Å². The predicted octanol–water partition coefficient (Wildman–Crippen LogP) is 3.33. The topological polar surface area (TPSA) is 28.2 Å². The lowest BCUT2D eigenvalue weighted by Gasteiger charge is -2.32. The zero-order valence-corrected chi connectivity index (χ0v) is 13.6. The van der Waals surface area contributed by atoms with Crippen molar-refractivity contribution in [3.05, 3.63) is 15.6 Å². The van der Waals surface area contributed by atoms with Crippen LogP contribution in [0.4, 0.5) is 0 Å². The lowest BCUT2D eigenvalue weighted by molar-refractivity contribution is 0.152. The maximum absolute atomic E-state index is 4.89. The highest BCUT2D eigenvalue weighted by molar-refractivity contribution is 7.11. The van der Waals surface area contributed by atoms with Gasteiger partial charge >= 0.3 is 0 Å². The Morgan fingerprint density at radius 1 is 1.30 bits per heavy atom. The first-order valence-corrected chi connectivity index (χ1v) is 9.02. The quantitative estimate of drug-likeness (QED) is 0.872. The molecule has 1 aliphatic heterocycles. The van der Waals surface area contributed by atoms with Crippen LogP contribution in [0.2, 0.25) is 0 Å². The first-order chi connectivity index (χ1) is 9.76. The molecular formula is C16H27N3S. The summed E-state index contributed by atoms with van der Waals surface area (Å²) in [5.74, 6) is 0. The van der Waals surface area contributed by atoms with Gasteiger partial charge in [-0.05, 0) is 45.6 Å². The van der Waals surface area contributed by atoms with Gasteiger partial charge in [0.25, 0.3) is 0 Å². The lowest BCUT2D eigenvalue weighted by atomic mass is 10.0. The minimum Gasteiger partial charge on any atom is -0.309 e. The van der Waals surface area contributed by atoms with Crippen molar-refractivity contribution >= 4 is 11.3 Å². The van der Waals surface area contributed by atoms with Gasteiger partial charge in [-0.15, -0.1) is 11.3 Å². The number of nitrogens with one attached hydrogen (secondary N) is 1. The van der Waals surface area contributed by atoms with Crippen LogP contribution < -0.4 is 5.32 Å². The summed E-state index contributed by atoms with van der Waals surface area (Å²) in [5.41, 5.74) is 1.32. The van der Waals surface area contributed by atoms with Gasteiger partial charge in [0, 0.05) is 23.5 Å². The van der Waals surface area contributed by atoms with Crippen LogP contribution in [0.1, 0.15) is 61.5 Å². The molecule has 1 saturated carbocycles. The number of likely N-dealkylation sites (tertiary alicyclic amines) is 1. The Bertz CT molecular complexity index is 439. The third kappa shape index (κ3) is 3.60. The summed E-state index contributed by atoms with van der Waals surface area (Å²) in [4.78, 5) is 8.97. The standard InChI is InChI=1S/C16H27N3S/c1-3-14-15(10-17-13-7-8-13)20-16(18-14)11-19-9-5-4-6-12(19)2/h12-13,17H,3-11H2,1-2H3. The maximum Gasteiger partial charge on any atom is 0.107 e. The number of thiazole rings is 1. The summed E-state index contributed by atoms with van der Waals surface area (Å²) >= 11 is 1.93. The summed E-state index contributed by atoms with van der Waals surface area (Å²) in [6.45, 7) is 7.92. The average molecular weight is 293 g/mol. The number of aryl methyl sites for hydroxylation is 1. The van der Waals surface area contributed by atoms with Crippen molar-refractivity contribution in [3.63, 3.8) is 0 Å². The maximum atomic E-state index is 4.89. The Balaban J connectivity index is 1.62. The van der Waals surface area contributed by atoms with E-state index in [1.54, 1.807) is 0 Å². The summed E-state index contributed by atoms with van der Waals surface area (Å²) in [7, 11) is 0. The second-order valence-corrected chi connectivity index (χ2v) is 7.47. The van der Waals surface area contributed by atoms with Gasteiger partial charge in [0.2, 0.25) is 0 Å². The molecular weight excluding hydrogens is 266 g/mol. The van der Waals surface area contributed by atoms with Gasteiger partial charge in [-0.25, -0.2) is 4.98 Å². The van der Waals surface area contributed by atoms with Crippen LogP contribution in [0.3, 0.4) is 0 Å². The zero-order valence-electron chi connectivity index (χ0n) is 12.8. The minimum atomic E-state index is 0.728. The van der Waals surface area contributed by atoms with Gasteiger partial charge in [0.15, 0.2) is 0 Å². The van der Waals surface area contributed by atoms with E-state index >= 15 is 0 Å². The third-order valence-corrected chi connectivity index (χ3v) is 5.65. The van der Waals surface area contributed by atoms with Gasteiger partial charge in [-0.3, -0.25) is 4.90 Å². The Hall–Kier alpha value is -0.450. The molecule has 4 heteroatoms. The van der Waals surface area contributed by atoms with Crippen molar-refractivity contribution in [3.8, 4) is 0 Å². The largest absolute Gasteiger partial charge is 0.309 e. The SMILES string of the molecule is CCc1nc(CN2CCCCC2C)sc1CNC1CC1. The van der Waals surface area contributed by atoms with Crippen molar-refractivity contribution < 1.29 is 0 Å². The monoisotopic (exact) mass is 293 g/mol. The van der Waals surface area contributed by atoms with Crippen LogP contribution in [-0.2, 0) is 19.5 Å². The average Bonchev–Trinajstić information content (AvgIpc) is 3.20. The molecule has 1 saturated heterocycles. The molecule has 1 atom stereocenters. The third-order valence-electron chi connectivity index (χ3n) is 4.56. The van der Waals surface area contributed by atoms with E-state index in [2.05, 4.69) is 24.1 Å². The summed E-state index contributed by atoms with van der Waals surface area (Å²) in [5, 5.41) is 4.95.